The molecule has 0 unspecified atom stereocenters. The smallest absolute Gasteiger partial charge is 0.257 e. The Labute approximate surface area is 118 Å². The molecule has 8 heteroatoms. The van der Waals surface area contributed by atoms with E-state index >= 15 is 0 Å². The standard InChI is InChI=1S/C12H12F2N4OS/c1-16-11(19)9-10(15)18-20-12(9)17-5-6-2-3-7(13)4-8(6)14/h2-4,17H,5H2,1H3,(H2,15,18)(H,16,19). The van der Waals surface area contributed by atoms with Gasteiger partial charge in [-0.1, -0.05) is 6.07 Å². The highest BCUT2D eigenvalue weighted by Gasteiger charge is 2.18. The minimum Gasteiger partial charge on any atom is -0.382 e. The van der Waals surface area contributed by atoms with Crippen LogP contribution in [0.5, 0.6) is 0 Å². The second kappa shape index (κ2) is 5.83. The van der Waals surface area contributed by atoms with E-state index in [0.717, 1.165) is 17.6 Å². The van der Waals surface area contributed by atoms with Gasteiger partial charge in [-0.2, -0.15) is 4.37 Å². The molecule has 0 saturated carbocycles. The van der Waals surface area contributed by atoms with Crippen molar-refractivity contribution in [3.63, 3.8) is 0 Å². The van der Waals surface area contributed by atoms with Crippen molar-refractivity contribution < 1.29 is 13.6 Å². The zero-order valence-corrected chi connectivity index (χ0v) is 11.4. The van der Waals surface area contributed by atoms with Gasteiger partial charge >= 0.3 is 0 Å². The number of carbonyl (C=O) groups excluding carboxylic acids is 1. The fourth-order valence-corrected chi connectivity index (χ4v) is 2.31. The van der Waals surface area contributed by atoms with Gasteiger partial charge in [0.25, 0.3) is 5.91 Å². The van der Waals surface area contributed by atoms with Crippen molar-refractivity contribution in [3.8, 4) is 0 Å². The number of benzene rings is 1. The number of carbonyl (C=O) groups is 1. The Bertz CT molecular complexity index is 644. The number of hydrogen-bond acceptors (Lipinski definition) is 5. The summed E-state index contributed by atoms with van der Waals surface area (Å²) in [6, 6.07) is 3.31. The molecule has 0 radical (unpaired) electrons. The normalized spacial score (nSPS) is 10.3. The van der Waals surface area contributed by atoms with Crippen LogP contribution in [0.15, 0.2) is 18.2 Å². The molecule has 0 atom stereocenters. The summed E-state index contributed by atoms with van der Waals surface area (Å²) in [4.78, 5) is 11.7. The second-order valence-electron chi connectivity index (χ2n) is 3.94. The maximum absolute atomic E-state index is 13.5. The second-order valence-corrected chi connectivity index (χ2v) is 4.71. The lowest BCUT2D eigenvalue weighted by molar-refractivity contribution is 0.0965. The van der Waals surface area contributed by atoms with E-state index in [2.05, 4.69) is 15.0 Å². The van der Waals surface area contributed by atoms with Crippen LogP contribution in [0.1, 0.15) is 15.9 Å². The third-order valence-electron chi connectivity index (χ3n) is 2.63. The predicted molar refractivity (Wildman–Crippen MR) is 73.6 cm³/mol. The monoisotopic (exact) mass is 298 g/mol. The van der Waals surface area contributed by atoms with E-state index in [-0.39, 0.29) is 29.4 Å². The van der Waals surface area contributed by atoms with Crippen LogP contribution >= 0.6 is 11.5 Å². The van der Waals surface area contributed by atoms with Crippen molar-refractivity contribution in [3.05, 3.63) is 41.0 Å². The van der Waals surface area contributed by atoms with E-state index in [0.29, 0.717) is 5.00 Å². The number of halogens is 2. The maximum Gasteiger partial charge on any atom is 0.257 e. The van der Waals surface area contributed by atoms with Gasteiger partial charge in [0, 0.05) is 25.2 Å². The summed E-state index contributed by atoms with van der Waals surface area (Å²) in [5, 5.41) is 5.76. The Kier molecular flexibility index (Phi) is 4.14. The molecule has 0 bridgehead atoms. The molecule has 106 valence electrons. The Morgan fingerprint density at radius 1 is 1.45 bits per heavy atom. The van der Waals surface area contributed by atoms with E-state index in [1.54, 1.807) is 0 Å². The molecular formula is C12H12F2N4OS. The Balaban J connectivity index is 2.17. The topological polar surface area (TPSA) is 80.0 Å². The van der Waals surface area contributed by atoms with Gasteiger partial charge in [-0.3, -0.25) is 4.79 Å². The van der Waals surface area contributed by atoms with Gasteiger partial charge in [0.1, 0.15) is 22.2 Å². The number of nitrogens with two attached hydrogens (primary N) is 1. The molecule has 1 aromatic heterocycles. The Hall–Kier alpha value is -2.22. The summed E-state index contributed by atoms with van der Waals surface area (Å²) < 4.78 is 30.2. The molecule has 1 amide bonds. The molecule has 5 nitrogen and oxygen atoms in total. The number of rotatable bonds is 4. The third kappa shape index (κ3) is 2.85. The fraction of sp³-hybridized carbons (Fsp3) is 0.167. The van der Waals surface area contributed by atoms with Crippen molar-refractivity contribution in [1.82, 2.24) is 9.69 Å². The van der Waals surface area contributed by atoms with E-state index in [1.807, 2.05) is 0 Å². The minimum atomic E-state index is -0.656. The summed E-state index contributed by atoms with van der Waals surface area (Å²) >= 11 is 1.00. The summed E-state index contributed by atoms with van der Waals surface area (Å²) in [6.07, 6.45) is 0. The fourth-order valence-electron chi connectivity index (χ4n) is 1.61. The van der Waals surface area contributed by atoms with Gasteiger partial charge in [0.2, 0.25) is 0 Å². The Morgan fingerprint density at radius 3 is 2.85 bits per heavy atom. The van der Waals surface area contributed by atoms with E-state index in [1.165, 1.54) is 19.2 Å². The molecule has 0 aliphatic carbocycles. The number of hydrogen-bond donors (Lipinski definition) is 3. The molecular weight excluding hydrogens is 286 g/mol. The summed E-state index contributed by atoms with van der Waals surface area (Å²) in [5.41, 5.74) is 6.11. The average Bonchev–Trinajstić information content (AvgIpc) is 2.78. The van der Waals surface area contributed by atoms with Gasteiger partial charge < -0.3 is 16.4 Å². The highest BCUT2D eigenvalue weighted by molar-refractivity contribution is 7.11. The lowest BCUT2D eigenvalue weighted by Gasteiger charge is -2.07. The summed E-state index contributed by atoms with van der Waals surface area (Å²) in [6.45, 7) is 0.0950. The molecule has 0 spiro atoms. The predicted octanol–water partition coefficient (Wildman–Crippen LogP) is 1.98. The molecule has 2 rings (SSSR count). The molecule has 2 aromatic rings. The number of aromatic nitrogens is 1. The zero-order chi connectivity index (χ0) is 14.7. The quantitative estimate of drug-likeness (QED) is 0.806. The van der Waals surface area contributed by atoms with E-state index in [9.17, 15) is 13.6 Å². The SMILES string of the molecule is CNC(=O)c1c(N)nsc1NCc1ccc(F)cc1F. The van der Waals surface area contributed by atoms with Crippen LogP contribution in [0.25, 0.3) is 0 Å². The van der Waals surface area contributed by atoms with Crippen molar-refractivity contribution >= 4 is 28.3 Å². The summed E-state index contributed by atoms with van der Waals surface area (Å²) in [7, 11) is 1.48. The van der Waals surface area contributed by atoms with Crippen molar-refractivity contribution in [2.75, 3.05) is 18.1 Å². The highest BCUT2D eigenvalue weighted by Crippen LogP contribution is 2.27. The number of nitrogens with zero attached hydrogens (tertiary/aromatic N) is 1. The van der Waals surface area contributed by atoms with Crippen molar-refractivity contribution in [1.29, 1.82) is 0 Å². The van der Waals surface area contributed by atoms with E-state index in [4.69, 9.17) is 5.73 Å². The molecule has 1 aromatic carbocycles. The first-order chi connectivity index (χ1) is 9.52. The van der Waals surface area contributed by atoms with Crippen molar-refractivity contribution in [2.45, 2.75) is 6.54 Å². The first kappa shape index (κ1) is 14.2. The third-order valence-corrected chi connectivity index (χ3v) is 3.45. The average molecular weight is 298 g/mol. The molecule has 0 saturated heterocycles. The van der Waals surface area contributed by atoms with Crippen LogP contribution in [-0.4, -0.2) is 17.3 Å². The largest absolute Gasteiger partial charge is 0.382 e. The lowest BCUT2D eigenvalue weighted by atomic mass is 10.2. The molecule has 0 fully saturated rings. The molecule has 4 N–H and O–H groups in total. The first-order valence-corrected chi connectivity index (χ1v) is 6.45. The summed E-state index contributed by atoms with van der Waals surface area (Å²) in [5.74, 6) is -1.56. The van der Waals surface area contributed by atoms with Gasteiger partial charge in [0.15, 0.2) is 5.82 Å². The van der Waals surface area contributed by atoms with Crippen LogP contribution in [0, 0.1) is 11.6 Å². The lowest BCUT2D eigenvalue weighted by Crippen LogP contribution is -2.20. The number of anilines is 2. The minimum absolute atomic E-state index is 0.0950. The van der Waals surface area contributed by atoms with Crippen LogP contribution in [-0.2, 0) is 6.54 Å². The molecule has 0 aliphatic rings. The van der Waals surface area contributed by atoms with Crippen LogP contribution < -0.4 is 16.4 Å². The molecule has 20 heavy (non-hydrogen) atoms. The Morgan fingerprint density at radius 2 is 2.20 bits per heavy atom. The van der Waals surface area contributed by atoms with Crippen LogP contribution in [0.4, 0.5) is 19.6 Å². The first-order valence-electron chi connectivity index (χ1n) is 5.68. The molecule has 0 aliphatic heterocycles. The maximum atomic E-state index is 13.5. The van der Waals surface area contributed by atoms with Crippen LogP contribution in [0.3, 0.4) is 0 Å². The number of amides is 1. The zero-order valence-electron chi connectivity index (χ0n) is 10.5. The van der Waals surface area contributed by atoms with Gasteiger partial charge in [-0.15, -0.1) is 0 Å². The van der Waals surface area contributed by atoms with Gasteiger partial charge in [-0.25, -0.2) is 8.78 Å². The van der Waals surface area contributed by atoms with Crippen molar-refractivity contribution in [2.24, 2.45) is 0 Å². The van der Waals surface area contributed by atoms with E-state index < -0.39 is 11.6 Å². The number of nitrogen functional groups attached to an aromatic ring is 1. The molecule has 1 heterocycles. The van der Waals surface area contributed by atoms with Crippen LogP contribution in [0.2, 0.25) is 0 Å². The highest BCUT2D eigenvalue weighted by atomic mass is 32.1. The van der Waals surface area contributed by atoms with Gasteiger partial charge in [0.05, 0.1) is 0 Å². The number of nitrogens with one attached hydrogen (secondary N) is 2. The van der Waals surface area contributed by atoms with Gasteiger partial charge in [-0.05, 0) is 17.6 Å².